The van der Waals surface area contributed by atoms with E-state index in [9.17, 15) is 18.0 Å². The fraction of sp³-hybridized carbons (Fsp3) is 0.316. The first-order chi connectivity index (χ1) is 12.0. The molecule has 0 heterocycles. The van der Waals surface area contributed by atoms with E-state index in [-0.39, 0.29) is 11.7 Å². The number of halogens is 3. The summed E-state index contributed by atoms with van der Waals surface area (Å²) in [5.74, 6) is -4.71. The number of amides is 1. The third-order valence-corrected chi connectivity index (χ3v) is 4.64. The van der Waals surface area contributed by atoms with Crippen molar-refractivity contribution in [2.75, 3.05) is 5.32 Å². The smallest absolute Gasteiger partial charge is 0.282 e. The van der Waals surface area contributed by atoms with Gasteiger partial charge in [-0.05, 0) is 37.5 Å². The highest BCUT2D eigenvalue weighted by molar-refractivity contribution is 5.93. The summed E-state index contributed by atoms with van der Waals surface area (Å²) in [6.45, 7) is 1.71. The van der Waals surface area contributed by atoms with Crippen molar-refractivity contribution in [2.24, 2.45) is 0 Å². The minimum Gasteiger partial charge on any atom is -0.330 e. The Balaban J connectivity index is 1.69. The molecule has 0 fully saturated rings. The topological polar surface area (TPSA) is 45.7 Å². The minimum absolute atomic E-state index is 0.153. The second-order valence-electron chi connectivity index (χ2n) is 6.39. The molecule has 1 aliphatic carbocycles. The molecule has 0 unspecified atom stereocenters. The molecular formula is C19H20F3N2O+. The Labute approximate surface area is 144 Å². The van der Waals surface area contributed by atoms with Gasteiger partial charge in [-0.1, -0.05) is 24.3 Å². The van der Waals surface area contributed by atoms with Crippen molar-refractivity contribution < 1.29 is 23.3 Å². The number of anilines is 1. The summed E-state index contributed by atoms with van der Waals surface area (Å²) in [4.78, 5) is 12.3. The predicted molar refractivity (Wildman–Crippen MR) is 88.5 cm³/mol. The van der Waals surface area contributed by atoms with Crippen LogP contribution in [-0.2, 0) is 11.2 Å². The molecule has 2 aromatic carbocycles. The monoisotopic (exact) mass is 349 g/mol. The van der Waals surface area contributed by atoms with Crippen molar-refractivity contribution in [2.45, 2.75) is 38.3 Å². The fourth-order valence-corrected chi connectivity index (χ4v) is 3.30. The van der Waals surface area contributed by atoms with E-state index in [0.717, 1.165) is 31.4 Å². The van der Waals surface area contributed by atoms with Crippen LogP contribution in [0.5, 0.6) is 0 Å². The van der Waals surface area contributed by atoms with Crippen LogP contribution in [0.3, 0.4) is 0 Å². The highest BCUT2D eigenvalue weighted by Gasteiger charge is 2.28. The lowest BCUT2D eigenvalue weighted by atomic mass is 9.87. The van der Waals surface area contributed by atoms with Crippen molar-refractivity contribution in [3.05, 3.63) is 65.0 Å². The average molecular weight is 349 g/mol. The predicted octanol–water partition coefficient (Wildman–Crippen LogP) is 3.07. The number of carbonyl (C=O) groups excluding carboxylic acids is 1. The number of carbonyl (C=O) groups is 1. The Morgan fingerprint density at radius 3 is 2.72 bits per heavy atom. The third kappa shape index (κ3) is 3.69. The standard InChI is InChI=1S/C19H19F3N2O/c1-11(19(25)24-16-10-9-14(20)17(21)18(16)22)23-15-8-4-6-12-5-2-3-7-13(12)15/h2-3,5,7,9-11,15,23H,4,6,8H2,1H3,(H,24,25)/p+1/t11-,15+/m1/s1. The number of hydrogen-bond donors (Lipinski definition) is 2. The second-order valence-corrected chi connectivity index (χ2v) is 6.39. The van der Waals surface area contributed by atoms with Crippen molar-refractivity contribution in [3.8, 4) is 0 Å². The molecule has 0 radical (unpaired) electrons. The van der Waals surface area contributed by atoms with Crippen molar-refractivity contribution >= 4 is 11.6 Å². The first-order valence-electron chi connectivity index (χ1n) is 8.34. The molecule has 3 nitrogen and oxygen atoms in total. The summed E-state index contributed by atoms with van der Waals surface area (Å²) in [7, 11) is 0. The van der Waals surface area contributed by atoms with Gasteiger partial charge in [0.15, 0.2) is 23.5 Å². The van der Waals surface area contributed by atoms with Crippen molar-refractivity contribution in [3.63, 3.8) is 0 Å². The molecule has 1 aliphatic rings. The summed E-state index contributed by atoms with van der Waals surface area (Å²) in [6.07, 6.45) is 3.03. The fourth-order valence-electron chi connectivity index (χ4n) is 3.30. The maximum atomic E-state index is 13.7. The van der Waals surface area contributed by atoms with E-state index in [1.54, 1.807) is 6.92 Å². The Bertz CT molecular complexity index is 794. The number of nitrogens with one attached hydrogen (secondary N) is 1. The van der Waals surface area contributed by atoms with Crippen LogP contribution in [0.1, 0.15) is 36.9 Å². The summed E-state index contributed by atoms with van der Waals surface area (Å²) < 4.78 is 39.9. The van der Waals surface area contributed by atoms with Crippen LogP contribution in [0.2, 0.25) is 0 Å². The van der Waals surface area contributed by atoms with Gasteiger partial charge in [0.05, 0.1) is 5.69 Å². The van der Waals surface area contributed by atoms with E-state index >= 15 is 0 Å². The molecule has 0 saturated heterocycles. The van der Waals surface area contributed by atoms with E-state index in [4.69, 9.17) is 0 Å². The van der Waals surface area contributed by atoms with Gasteiger partial charge in [-0.25, -0.2) is 13.2 Å². The van der Waals surface area contributed by atoms with E-state index in [1.807, 2.05) is 17.4 Å². The minimum atomic E-state index is -1.59. The SMILES string of the molecule is C[C@@H]([NH2+][C@H]1CCCc2ccccc21)C(=O)Nc1ccc(F)c(F)c1F. The van der Waals surface area contributed by atoms with Gasteiger partial charge in [0.1, 0.15) is 6.04 Å². The third-order valence-electron chi connectivity index (χ3n) is 4.64. The number of fused-ring (bicyclic) bond motifs is 1. The van der Waals surface area contributed by atoms with Crippen LogP contribution in [0.4, 0.5) is 18.9 Å². The largest absolute Gasteiger partial charge is 0.330 e. The normalized spacial score (nSPS) is 17.7. The Morgan fingerprint density at radius 1 is 1.16 bits per heavy atom. The van der Waals surface area contributed by atoms with Gasteiger partial charge in [0.2, 0.25) is 0 Å². The molecule has 0 bridgehead atoms. The molecule has 1 amide bonds. The number of hydrogen-bond acceptors (Lipinski definition) is 1. The molecule has 0 spiro atoms. The molecule has 3 N–H and O–H groups in total. The zero-order valence-electron chi connectivity index (χ0n) is 13.9. The van der Waals surface area contributed by atoms with Crippen molar-refractivity contribution in [1.82, 2.24) is 0 Å². The maximum Gasteiger partial charge on any atom is 0.282 e. The number of aryl methyl sites for hydroxylation is 1. The summed E-state index contributed by atoms with van der Waals surface area (Å²) >= 11 is 0. The van der Waals surface area contributed by atoms with Gasteiger partial charge in [0, 0.05) is 12.0 Å². The lowest BCUT2D eigenvalue weighted by Gasteiger charge is -2.26. The first-order valence-corrected chi connectivity index (χ1v) is 8.34. The molecule has 0 saturated carbocycles. The Kier molecular flexibility index (Phi) is 5.08. The van der Waals surface area contributed by atoms with E-state index in [1.165, 1.54) is 11.1 Å². The molecule has 0 aromatic heterocycles. The summed E-state index contributed by atoms with van der Waals surface area (Å²) in [5.41, 5.74) is 2.15. The van der Waals surface area contributed by atoms with E-state index in [0.29, 0.717) is 0 Å². The van der Waals surface area contributed by atoms with Crippen LogP contribution in [0, 0.1) is 17.5 Å². The van der Waals surface area contributed by atoms with Gasteiger partial charge in [0.25, 0.3) is 5.91 Å². The van der Waals surface area contributed by atoms with Gasteiger partial charge in [-0.3, -0.25) is 4.79 Å². The maximum absolute atomic E-state index is 13.7. The van der Waals surface area contributed by atoms with Gasteiger partial charge in [-0.2, -0.15) is 0 Å². The number of benzene rings is 2. The van der Waals surface area contributed by atoms with Crippen LogP contribution in [-0.4, -0.2) is 11.9 Å². The molecule has 6 heteroatoms. The summed E-state index contributed by atoms with van der Waals surface area (Å²) in [5, 5.41) is 4.28. The molecule has 0 aliphatic heterocycles. The van der Waals surface area contributed by atoms with E-state index in [2.05, 4.69) is 17.4 Å². The lowest BCUT2D eigenvalue weighted by Crippen LogP contribution is -2.92. The van der Waals surface area contributed by atoms with Gasteiger partial charge >= 0.3 is 0 Å². The number of quaternary nitrogens is 1. The average Bonchev–Trinajstić information content (AvgIpc) is 2.62. The molecular weight excluding hydrogens is 329 g/mol. The van der Waals surface area contributed by atoms with Crippen molar-refractivity contribution in [1.29, 1.82) is 0 Å². The van der Waals surface area contributed by atoms with Gasteiger partial charge in [-0.15, -0.1) is 0 Å². The first kappa shape index (κ1) is 17.5. The molecule has 3 rings (SSSR count). The molecule has 25 heavy (non-hydrogen) atoms. The van der Waals surface area contributed by atoms with Gasteiger partial charge < -0.3 is 10.6 Å². The van der Waals surface area contributed by atoms with Crippen LogP contribution in [0.15, 0.2) is 36.4 Å². The number of nitrogens with two attached hydrogens (primary N) is 1. The molecule has 2 aromatic rings. The second kappa shape index (κ2) is 7.27. The van der Waals surface area contributed by atoms with Crippen LogP contribution >= 0.6 is 0 Å². The molecule has 2 atom stereocenters. The Morgan fingerprint density at radius 2 is 1.92 bits per heavy atom. The number of rotatable bonds is 4. The van der Waals surface area contributed by atoms with Crippen LogP contribution < -0.4 is 10.6 Å². The van der Waals surface area contributed by atoms with E-state index < -0.39 is 29.4 Å². The zero-order chi connectivity index (χ0) is 18.0. The highest BCUT2D eigenvalue weighted by atomic mass is 19.2. The highest BCUT2D eigenvalue weighted by Crippen LogP contribution is 2.27. The van der Waals surface area contributed by atoms with Crippen LogP contribution in [0.25, 0.3) is 0 Å². The lowest BCUT2D eigenvalue weighted by molar-refractivity contribution is -0.714. The Hall–Kier alpha value is -2.34. The molecule has 132 valence electrons. The quantitative estimate of drug-likeness (QED) is 0.819. The summed E-state index contributed by atoms with van der Waals surface area (Å²) in [6, 6.07) is 9.61. The zero-order valence-corrected chi connectivity index (χ0v) is 13.9.